The molecule has 1 aromatic carbocycles. The molecule has 0 aliphatic carbocycles. The zero-order valence-corrected chi connectivity index (χ0v) is 14.0. The molecule has 1 amide bonds. The zero-order valence-electron chi connectivity index (χ0n) is 14.0. The number of carbonyl (C=O) groups is 1. The summed E-state index contributed by atoms with van der Waals surface area (Å²) in [6.45, 7) is 6.49. The summed E-state index contributed by atoms with van der Waals surface area (Å²) in [6, 6.07) is 7.55. The molecule has 1 fully saturated rings. The molecule has 124 valence electrons. The number of carbonyl (C=O) groups excluding carboxylic acids is 1. The molecule has 0 unspecified atom stereocenters. The van der Waals surface area contributed by atoms with E-state index in [2.05, 4.69) is 19.9 Å². The molecule has 2 rings (SSSR count). The van der Waals surface area contributed by atoms with Gasteiger partial charge in [-0.25, -0.2) is 0 Å². The molecular weight excluding hydrogens is 292 g/mol. The predicted molar refractivity (Wildman–Crippen MR) is 87.4 cm³/mol. The maximum atomic E-state index is 12.5. The van der Waals surface area contributed by atoms with Crippen LogP contribution in [0.3, 0.4) is 0 Å². The van der Waals surface area contributed by atoms with E-state index < -0.39 is 0 Å². The average Bonchev–Trinajstić information content (AvgIpc) is 2.53. The maximum absolute atomic E-state index is 12.5. The van der Waals surface area contributed by atoms with Crippen LogP contribution in [0.25, 0.3) is 0 Å². The summed E-state index contributed by atoms with van der Waals surface area (Å²) in [7, 11) is 0. The highest BCUT2D eigenvalue weighted by molar-refractivity contribution is 5.78. The van der Waals surface area contributed by atoms with Crippen molar-refractivity contribution in [1.82, 2.24) is 4.90 Å². The summed E-state index contributed by atoms with van der Waals surface area (Å²) in [5, 5.41) is 8.96. The lowest BCUT2D eigenvalue weighted by Gasteiger charge is -2.39. The number of rotatable bonds is 5. The molecule has 2 atom stereocenters. The molecule has 0 aromatic heterocycles. The zero-order chi connectivity index (χ0) is 16.8. The fourth-order valence-corrected chi connectivity index (χ4v) is 3.09. The molecule has 0 bridgehead atoms. The van der Waals surface area contributed by atoms with Crippen LogP contribution in [0.4, 0.5) is 0 Å². The monoisotopic (exact) mass is 316 g/mol. The van der Waals surface area contributed by atoms with Crippen LogP contribution >= 0.6 is 0 Å². The predicted octanol–water partition coefficient (Wildman–Crippen LogP) is 3.13. The fourth-order valence-electron chi connectivity index (χ4n) is 3.09. The summed E-state index contributed by atoms with van der Waals surface area (Å²) < 4.78 is 11.2. The summed E-state index contributed by atoms with van der Waals surface area (Å²) in [5.41, 5.74) is 0.505. The highest BCUT2D eigenvalue weighted by Crippen LogP contribution is 2.29. The Balaban J connectivity index is 2.05. The van der Waals surface area contributed by atoms with Crippen molar-refractivity contribution in [2.75, 3.05) is 13.2 Å². The average molecular weight is 316 g/mol. The van der Waals surface area contributed by atoms with Crippen molar-refractivity contribution in [2.24, 2.45) is 0 Å². The van der Waals surface area contributed by atoms with Crippen LogP contribution in [0.2, 0.25) is 0 Å². The van der Waals surface area contributed by atoms with Crippen LogP contribution in [0, 0.1) is 11.3 Å². The van der Waals surface area contributed by atoms with E-state index in [1.54, 1.807) is 18.2 Å². The molecule has 0 spiro atoms. The first-order valence-electron chi connectivity index (χ1n) is 8.17. The van der Waals surface area contributed by atoms with Crippen molar-refractivity contribution in [3.05, 3.63) is 23.8 Å². The lowest BCUT2D eigenvalue weighted by molar-refractivity contribution is -0.139. The highest BCUT2D eigenvalue weighted by Gasteiger charge is 2.29. The number of amides is 1. The van der Waals surface area contributed by atoms with Gasteiger partial charge >= 0.3 is 0 Å². The van der Waals surface area contributed by atoms with Gasteiger partial charge in [0, 0.05) is 18.2 Å². The number of ether oxygens (including phenoxy) is 2. The Kier molecular flexibility index (Phi) is 5.86. The molecule has 5 heteroatoms. The summed E-state index contributed by atoms with van der Waals surface area (Å²) in [4.78, 5) is 14.4. The normalized spacial score (nSPS) is 20.7. The van der Waals surface area contributed by atoms with Gasteiger partial charge in [0.15, 0.2) is 18.1 Å². The highest BCUT2D eigenvalue weighted by atomic mass is 16.5. The molecule has 0 N–H and O–H groups in total. The summed E-state index contributed by atoms with van der Waals surface area (Å²) in [6.07, 6.45) is 3.24. The molecule has 5 nitrogen and oxygen atoms in total. The number of hydrogen-bond donors (Lipinski definition) is 0. The molecule has 1 heterocycles. The molecule has 1 saturated heterocycles. The van der Waals surface area contributed by atoms with E-state index in [1.807, 2.05) is 11.8 Å². The van der Waals surface area contributed by atoms with Crippen LogP contribution in [0.5, 0.6) is 11.5 Å². The summed E-state index contributed by atoms with van der Waals surface area (Å²) >= 11 is 0. The molecule has 1 aliphatic rings. The van der Waals surface area contributed by atoms with Gasteiger partial charge in [-0.3, -0.25) is 4.79 Å². The Hall–Kier alpha value is -2.22. The van der Waals surface area contributed by atoms with Gasteiger partial charge in [-0.2, -0.15) is 5.26 Å². The first-order chi connectivity index (χ1) is 11.1. The third-order valence-corrected chi connectivity index (χ3v) is 4.21. The van der Waals surface area contributed by atoms with Crippen molar-refractivity contribution >= 4 is 5.91 Å². The third kappa shape index (κ3) is 4.16. The lowest BCUT2D eigenvalue weighted by Crippen LogP contribution is -2.49. The Morgan fingerprint density at radius 2 is 1.96 bits per heavy atom. The van der Waals surface area contributed by atoms with Crippen molar-refractivity contribution in [1.29, 1.82) is 5.26 Å². The SMILES string of the molecule is CCOc1cc(C#N)ccc1OCC(=O)N1[C@H](C)CCC[C@@H]1C. The minimum atomic E-state index is -0.0132. The minimum absolute atomic E-state index is 0.00323. The maximum Gasteiger partial charge on any atom is 0.260 e. The van der Waals surface area contributed by atoms with Crippen LogP contribution in [0.1, 0.15) is 45.6 Å². The quantitative estimate of drug-likeness (QED) is 0.837. The second-order valence-corrected chi connectivity index (χ2v) is 5.92. The minimum Gasteiger partial charge on any atom is -0.490 e. The second-order valence-electron chi connectivity index (χ2n) is 5.92. The van der Waals surface area contributed by atoms with Gasteiger partial charge in [-0.1, -0.05) is 0 Å². The van der Waals surface area contributed by atoms with E-state index in [-0.39, 0.29) is 24.6 Å². The Morgan fingerprint density at radius 1 is 1.26 bits per heavy atom. The summed E-state index contributed by atoms with van der Waals surface area (Å²) in [5.74, 6) is 0.993. The number of benzene rings is 1. The van der Waals surface area contributed by atoms with Crippen molar-refractivity contribution < 1.29 is 14.3 Å². The van der Waals surface area contributed by atoms with Crippen molar-refractivity contribution in [3.8, 4) is 17.6 Å². The van der Waals surface area contributed by atoms with E-state index >= 15 is 0 Å². The smallest absolute Gasteiger partial charge is 0.260 e. The largest absolute Gasteiger partial charge is 0.490 e. The van der Waals surface area contributed by atoms with Crippen LogP contribution in [0.15, 0.2) is 18.2 Å². The Bertz CT molecular complexity index is 584. The first-order valence-corrected chi connectivity index (χ1v) is 8.17. The van der Waals surface area contributed by atoms with Gasteiger partial charge in [-0.05, 0) is 52.2 Å². The number of likely N-dealkylation sites (tertiary alicyclic amines) is 1. The molecule has 1 aliphatic heterocycles. The van der Waals surface area contributed by atoms with Crippen molar-refractivity contribution in [2.45, 2.75) is 52.1 Å². The van der Waals surface area contributed by atoms with E-state index in [4.69, 9.17) is 14.7 Å². The number of hydrogen-bond acceptors (Lipinski definition) is 4. The van der Waals surface area contributed by atoms with Gasteiger partial charge in [0.05, 0.1) is 18.2 Å². The van der Waals surface area contributed by atoms with Crippen LogP contribution in [-0.4, -0.2) is 36.1 Å². The molecule has 23 heavy (non-hydrogen) atoms. The van der Waals surface area contributed by atoms with E-state index in [9.17, 15) is 4.79 Å². The third-order valence-electron chi connectivity index (χ3n) is 4.21. The van der Waals surface area contributed by atoms with E-state index in [0.717, 1.165) is 19.3 Å². The molecular formula is C18H24N2O3. The second kappa shape index (κ2) is 7.87. The van der Waals surface area contributed by atoms with E-state index in [0.29, 0.717) is 23.7 Å². The Labute approximate surface area is 137 Å². The van der Waals surface area contributed by atoms with Crippen LogP contribution < -0.4 is 9.47 Å². The van der Waals surface area contributed by atoms with Crippen LogP contribution in [-0.2, 0) is 4.79 Å². The topological polar surface area (TPSA) is 62.6 Å². The number of nitriles is 1. The van der Waals surface area contributed by atoms with Gasteiger partial charge in [0.1, 0.15) is 0 Å². The van der Waals surface area contributed by atoms with Gasteiger partial charge in [-0.15, -0.1) is 0 Å². The fraction of sp³-hybridized carbons (Fsp3) is 0.556. The lowest BCUT2D eigenvalue weighted by atomic mass is 9.97. The van der Waals surface area contributed by atoms with Gasteiger partial charge in [0.2, 0.25) is 0 Å². The molecule has 0 radical (unpaired) electrons. The molecule has 1 aromatic rings. The standard InChI is InChI=1S/C18H24N2O3/c1-4-22-17-10-15(11-19)8-9-16(17)23-12-18(21)20-13(2)6-5-7-14(20)3/h8-10,13-14H,4-7,12H2,1-3H3/t13-,14+. The van der Waals surface area contributed by atoms with Gasteiger partial charge in [0.25, 0.3) is 5.91 Å². The van der Waals surface area contributed by atoms with Gasteiger partial charge < -0.3 is 14.4 Å². The first kappa shape index (κ1) is 17.1. The Morgan fingerprint density at radius 3 is 2.57 bits per heavy atom. The number of nitrogens with zero attached hydrogens (tertiary/aromatic N) is 2. The molecule has 0 saturated carbocycles. The van der Waals surface area contributed by atoms with E-state index in [1.165, 1.54) is 0 Å². The van der Waals surface area contributed by atoms with Crippen molar-refractivity contribution in [3.63, 3.8) is 0 Å². The number of piperidine rings is 1.